The number of hydrogen-bond acceptors (Lipinski definition) is 5. The molecular formula is C22H25N3O5S. The molecule has 1 aliphatic heterocycles. The van der Waals surface area contributed by atoms with Gasteiger partial charge in [-0.1, -0.05) is 17.7 Å². The van der Waals surface area contributed by atoms with E-state index in [-0.39, 0.29) is 29.4 Å². The van der Waals surface area contributed by atoms with Crippen molar-refractivity contribution >= 4 is 32.7 Å². The Hall–Kier alpha value is -2.91. The maximum absolute atomic E-state index is 12.8. The monoisotopic (exact) mass is 443 g/mol. The molecule has 2 aromatic carbocycles. The molecule has 0 atom stereocenters. The Kier molecular flexibility index (Phi) is 5.72. The van der Waals surface area contributed by atoms with Crippen molar-refractivity contribution in [2.24, 2.45) is 0 Å². The Balaban J connectivity index is 1.53. The van der Waals surface area contributed by atoms with Gasteiger partial charge in [0.25, 0.3) is 0 Å². The molecule has 0 bridgehead atoms. The topological polar surface area (TPSA) is 92.8 Å². The Labute approximate surface area is 180 Å². The summed E-state index contributed by atoms with van der Waals surface area (Å²) >= 11 is 0. The number of aromatic nitrogens is 1. The maximum atomic E-state index is 12.8. The molecule has 0 unspecified atom stereocenters. The summed E-state index contributed by atoms with van der Waals surface area (Å²) in [6, 6.07) is 12.0. The highest BCUT2D eigenvalue weighted by molar-refractivity contribution is 7.89. The number of anilines is 1. The predicted molar refractivity (Wildman–Crippen MR) is 118 cm³/mol. The minimum atomic E-state index is -3.60. The number of carbonyl (C=O) groups is 1. The van der Waals surface area contributed by atoms with Gasteiger partial charge >= 0.3 is 5.76 Å². The second-order valence-corrected chi connectivity index (χ2v) is 9.74. The third-order valence-corrected chi connectivity index (χ3v) is 7.58. The van der Waals surface area contributed by atoms with Crippen LogP contribution in [0.25, 0.3) is 11.1 Å². The van der Waals surface area contributed by atoms with Gasteiger partial charge in [0.05, 0.1) is 10.4 Å². The average Bonchev–Trinajstić information content (AvgIpc) is 3.40. The number of benzene rings is 2. The summed E-state index contributed by atoms with van der Waals surface area (Å²) in [5.74, 6) is -0.755. The van der Waals surface area contributed by atoms with E-state index in [0.717, 1.165) is 24.1 Å². The molecule has 3 aromatic rings. The second-order valence-electron chi connectivity index (χ2n) is 7.80. The van der Waals surface area contributed by atoms with E-state index >= 15 is 0 Å². The van der Waals surface area contributed by atoms with E-state index in [4.69, 9.17) is 4.42 Å². The highest BCUT2D eigenvalue weighted by Crippen LogP contribution is 2.24. The van der Waals surface area contributed by atoms with E-state index in [9.17, 15) is 18.0 Å². The zero-order valence-corrected chi connectivity index (χ0v) is 18.4. The van der Waals surface area contributed by atoms with Crippen LogP contribution in [0.5, 0.6) is 0 Å². The smallest absolute Gasteiger partial charge is 0.408 e. The number of hydrogen-bond donors (Lipinski definition) is 0. The van der Waals surface area contributed by atoms with Gasteiger partial charge in [0.2, 0.25) is 15.9 Å². The number of oxazole rings is 1. The molecule has 164 valence electrons. The van der Waals surface area contributed by atoms with Gasteiger partial charge < -0.3 is 9.32 Å². The Bertz CT molecular complexity index is 1270. The number of aryl methyl sites for hydroxylation is 2. The summed E-state index contributed by atoms with van der Waals surface area (Å²) in [4.78, 5) is 26.6. The summed E-state index contributed by atoms with van der Waals surface area (Å²) in [5.41, 5.74) is 2.55. The van der Waals surface area contributed by atoms with Crippen LogP contribution in [0.15, 0.2) is 56.6 Å². The van der Waals surface area contributed by atoms with E-state index < -0.39 is 15.8 Å². The number of carbonyl (C=O) groups excluding carboxylic acids is 1. The molecule has 1 fully saturated rings. The van der Waals surface area contributed by atoms with Crippen LogP contribution >= 0.6 is 0 Å². The minimum absolute atomic E-state index is 0.104. The van der Waals surface area contributed by atoms with E-state index in [1.54, 1.807) is 18.0 Å². The molecule has 8 nitrogen and oxygen atoms in total. The van der Waals surface area contributed by atoms with Gasteiger partial charge in [-0.15, -0.1) is 0 Å². The van der Waals surface area contributed by atoms with Gasteiger partial charge in [0, 0.05) is 44.9 Å². The molecule has 4 rings (SSSR count). The zero-order chi connectivity index (χ0) is 22.2. The van der Waals surface area contributed by atoms with Crippen LogP contribution in [0.1, 0.15) is 24.8 Å². The largest absolute Gasteiger partial charge is 0.419 e. The summed E-state index contributed by atoms with van der Waals surface area (Å²) < 4.78 is 33.6. The average molecular weight is 444 g/mol. The van der Waals surface area contributed by atoms with Gasteiger partial charge in [0.1, 0.15) is 0 Å². The van der Waals surface area contributed by atoms with Gasteiger partial charge in [0.15, 0.2) is 5.58 Å². The quantitative estimate of drug-likeness (QED) is 0.584. The van der Waals surface area contributed by atoms with Crippen molar-refractivity contribution in [3.8, 4) is 0 Å². The van der Waals surface area contributed by atoms with Crippen molar-refractivity contribution in [3.05, 3.63) is 58.6 Å². The SMILES string of the molecule is Cc1ccc(N(C)C(=O)CCn2c(=O)oc3cc(S(=O)(=O)N4CCCC4)ccc32)cc1. The van der Waals surface area contributed by atoms with Crippen molar-refractivity contribution in [2.45, 2.75) is 37.6 Å². The first-order valence-corrected chi connectivity index (χ1v) is 11.7. The molecule has 2 heterocycles. The molecular weight excluding hydrogens is 418 g/mol. The van der Waals surface area contributed by atoms with E-state index in [2.05, 4.69) is 0 Å². The number of rotatable bonds is 6. The number of fused-ring (bicyclic) bond motifs is 1. The molecule has 0 spiro atoms. The highest BCUT2D eigenvalue weighted by atomic mass is 32.2. The maximum Gasteiger partial charge on any atom is 0.419 e. The first-order chi connectivity index (χ1) is 14.8. The van der Waals surface area contributed by atoms with E-state index in [0.29, 0.717) is 18.6 Å². The third kappa shape index (κ3) is 4.15. The number of amides is 1. The molecule has 31 heavy (non-hydrogen) atoms. The molecule has 9 heteroatoms. The van der Waals surface area contributed by atoms with Crippen molar-refractivity contribution < 1.29 is 17.6 Å². The fourth-order valence-electron chi connectivity index (χ4n) is 3.78. The molecule has 0 saturated carbocycles. The highest BCUT2D eigenvalue weighted by Gasteiger charge is 2.28. The summed E-state index contributed by atoms with van der Waals surface area (Å²) in [5, 5.41) is 0. The van der Waals surface area contributed by atoms with E-state index in [1.807, 2.05) is 31.2 Å². The normalized spacial score (nSPS) is 14.9. The van der Waals surface area contributed by atoms with Gasteiger partial charge in [-0.2, -0.15) is 4.31 Å². The molecule has 0 aliphatic carbocycles. The number of sulfonamides is 1. The summed E-state index contributed by atoms with van der Waals surface area (Å²) in [7, 11) is -1.91. The summed E-state index contributed by atoms with van der Waals surface area (Å²) in [6.45, 7) is 3.12. The molecule has 0 radical (unpaired) electrons. The number of nitrogens with zero attached hydrogens (tertiary/aromatic N) is 3. The van der Waals surface area contributed by atoms with Crippen molar-refractivity contribution in [3.63, 3.8) is 0 Å². The van der Waals surface area contributed by atoms with Crippen LogP contribution in [0.4, 0.5) is 5.69 Å². The first-order valence-electron chi connectivity index (χ1n) is 10.2. The van der Waals surface area contributed by atoms with Gasteiger partial charge in [-0.3, -0.25) is 9.36 Å². The molecule has 1 amide bonds. The van der Waals surface area contributed by atoms with Gasteiger partial charge in [-0.05, 0) is 44.0 Å². The fraction of sp³-hybridized carbons (Fsp3) is 0.364. The molecule has 1 aliphatic rings. The van der Waals surface area contributed by atoms with Crippen LogP contribution < -0.4 is 10.7 Å². The minimum Gasteiger partial charge on any atom is -0.408 e. The Morgan fingerprint density at radius 3 is 2.45 bits per heavy atom. The van der Waals surface area contributed by atoms with Crippen LogP contribution in [0.3, 0.4) is 0 Å². The lowest BCUT2D eigenvalue weighted by Crippen LogP contribution is -2.28. The van der Waals surface area contributed by atoms with Crippen LogP contribution in [-0.2, 0) is 21.4 Å². The first kappa shape index (κ1) is 21.3. The molecule has 0 N–H and O–H groups in total. The second kappa shape index (κ2) is 8.32. The zero-order valence-electron chi connectivity index (χ0n) is 17.6. The summed E-state index contributed by atoms with van der Waals surface area (Å²) in [6.07, 6.45) is 1.79. The van der Waals surface area contributed by atoms with Crippen molar-refractivity contribution in [2.75, 3.05) is 25.0 Å². The lowest BCUT2D eigenvalue weighted by Gasteiger charge is -2.17. The lowest BCUT2D eigenvalue weighted by atomic mass is 10.2. The van der Waals surface area contributed by atoms with Crippen molar-refractivity contribution in [1.82, 2.24) is 8.87 Å². The van der Waals surface area contributed by atoms with Crippen molar-refractivity contribution in [1.29, 1.82) is 0 Å². The van der Waals surface area contributed by atoms with E-state index in [1.165, 1.54) is 21.0 Å². The van der Waals surface area contributed by atoms with Crippen LogP contribution in [0, 0.1) is 6.92 Å². The van der Waals surface area contributed by atoms with Crippen LogP contribution in [-0.4, -0.2) is 43.3 Å². The Morgan fingerprint density at radius 2 is 1.77 bits per heavy atom. The molecule has 1 aromatic heterocycles. The standard InChI is InChI=1S/C22H25N3O5S/c1-16-5-7-17(8-6-16)23(2)21(26)11-14-25-19-10-9-18(15-20(19)30-22(25)27)31(28,29)24-12-3-4-13-24/h5-10,15H,3-4,11-14H2,1-2H3. The lowest BCUT2D eigenvalue weighted by molar-refractivity contribution is -0.118. The Morgan fingerprint density at radius 1 is 1.10 bits per heavy atom. The van der Waals surface area contributed by atoms with Crippen LogP contribution in [0.2, 0.25) is 0 Å². The fourth-order valence-corrected chi connectivity index (χ4v) is 5.32. The predicted octanol–water partition coefficient (Wildman–Crippen LogP) is 2.74. The van der Waals surface area contributed by atoms with Gasteiger partial charge in [-0.25, -0.2) is 13.2 Å². The molecule has 1 saturated heterocycles. The third-order valence-electron chi connectivity index (χ3n) is 5.69.